The van der Waals surface area contributed by atoms with Gasteiger partial charge < -0.3 is 10.1 Å². The molecule has 2 rings (SSSR count). The van der Waals surface area contributed by atoms with E-state index in [1.807, 2.05) is 0 Å². The van der Waals surface area contributed by atoms with Gasteiger partial charge in [0, 0.05) is 6.54 Å². The van der Waals surface area contributed by atoms with Crippen molar-refractivity contribution in [2.75, 3.05) is 24.7 Å². The number of nitrogens with one attached hydrogen (secondary N) is 1. The summed E-state index contributed by atoms with van der Waals surface area (Å²) in [6.45, 7) is 7.38. The van der Waals surface area contributed by atoms with Crippen molar-refractivity contribution in [1.29, 1.82) is 0 Å². The molecule has 1 aliphatic rings. The standard InChI is InChI=1S/C17H27NOS/c1-14(2)7-9-19-17-5-3-15(4-6-17)11-18-12-16-8-10-20-13-16/h3-6,14,16,18H,7-13H2,1-2H3. The minimum atomic E-state index is 0.701. The number of rotatable bonds is 8. The summed E-state index contributed by atoms with van der Waals surface area (Å²) in [5, 5.41) is 3.57. The molecular formula is C17H27NOS. The predicted molar refractivity (Wildman–Crippen MR) is 88.5 cm³/mol. The van der Waals surface area contributed by atoms with Gasteiger partial charge in [-0.2, -0.15) is 11.8 Å². The molecule has 0 amide bonds. The summed E-state index contributed by atoms with van der Waals surface area (Å²) in [7, 11) is 0. The molecule has 2 nitrogen and oxygen atoms in total. The van der Waals surface area contributed by atoms with Crippen LogP contribution in [-0.4, -0.2) is 24.7 Å². The monoisotopic (exact) mass is 293 g/mol. The average Bonchev–Trinajstić information content (AvgIpc) is 2.93. The van der Waals surface area contributed by atoms with E-state index in [-0.39, 0.29) is 0 Å². The Morgan fingerprint density at radius 1 is 1.30 bits per heavy atom. The molecule has 1 aromatic rings. The van der Waals surface area contributed by atoms with Gasteiger partial charge in [0.05, 0.1) is 6.61 Å². The maximum absolute atomic E-state index is 5.73. The lowest BCUT2D eigenvalue weighted by Gasteiger charge is -2.11. The molecule has 0 saturated carbocycles. The van der Waals surface area contributed by atoms with Crippen molar-refractivity contribution in [1.82, 2.24) is 5.32 Å². The van der Waals surface area contributed by atoms with Gasteiger partial charge in [-0.3, -0.25) is 0 Å². The Bertz CT molecular complexity index is 371. The average molecular weight is 293 g/mol. The topological polar surface area (TPSA) is 21.3 Å². The number of hydrogen-bond acceptors (Lipinski definition) is 3. The molecule has 0 spiro atoms. The molecule has 1 fully saturated rings. The van der Waals surface area contributed by atoms with Crippen LogP contribution in [0.2, 0.25) is 0 Å². The fraction of sp³-hybridized carbons (Fsp3) is 0.647. The lowest BCUT2D eigenvalue weighted by Crippen LogP contribution is -2.22. The molecular weight excluding hydrogens is 266 g/mol. The molecule has 3 heteroatoms. The summed E-state index contributed by atoms with van der Waals surface area (Å²) in [5.74, 6) is 5.23. The lowest BCUT2D eigenvalue weighted by molar-refractivity contribution is 0.289. The Morgan fingerprint density at radius 3 is 2.75 bits per heavy atom. The molecule has 1 saturated heterocycles. The zero-order chi connectivity index (χ0) is 14.2. The third-order valence-electron chi connectivity index (χ3n) is 3.67. The lowest BCUT2D eigenvalue weighted by atomic mass is 10.1. The van der Waals surface area contributed by atoms with Gasteiger partial charge in [-0.1, -0.05) is 26.0 Å². The van der Waals surface area contributed by atoms with Gasteiger partial charge >= 0.3 is 0 Å². The molecule has 1 unspecified atom stereocenters. The van der Waals surface area contributed by atoms with Crippen LogP contribution in [0.5, 0.6) is 5.75 Å². The van der Waals surface area contributed by atoms with Gasteiger partial charge in [0.25, 0.3) is 0 Å². The van der Waals surface area contributed by atoms with Crippen LogP contribution in [0.1, 0.15) is 32.3 Å². The maximum Gasteiger partial charge on any atom is 0.119 e. The minimum Gasteiger partial charge on any atom is -0.494 e. The van der Waals surface area contributed by atoms with Crippen molar-refractivity contribution in [3.05, 3.63) is 29.8 Å². The second-order valence-electron chi connectivity index (χ2n) is 6.04. The Labute approximate surface area is 127 Å². The summed E-state index contributed by atoms with van der Waals surface area (Å²) in [4.78, 5) is 0. The van der Waals surface area contributed by atoms with Crippen molar-refractivity contribution < 1.29 is 4.74 Å². The van der Waals surface area contributed by atoms with E-state index >= 15 is 0 Å². The highest BCUT2D eigenvalue weighted by Gasteiger charge is 2.14. The van der Waals surface area contributed by atoms with Gasteiger partial charge in [0.1, 0.15) is 5.75 Å². The number of hydrogen-bond donors (Lipinski definition) is 1. The zero-order valence-corrected chi connectivity index (χ0v) is 13.5. The Morgan fingerprint density at radius 2 is 2.10 bits per heavy atom. The van der Waals surface area contributed by atoms with Crippen LogP contribution in [0.25, 0.3) is 0 Å². The fourth-order valence-corrected chi connectivity index (χ4v) is 3.57. The van der Waals surface area contributed by atoms with Crippen LogP contribution in [0, 0.1) is 11.8 Å². The fourth-order valence-electron chi connectivity index (χ4n) is 2.28. The van der Waals surface area contributed by atoms with Crippen molar-refractivity contribution in [2.45, 2.75) is 33.2 Å². The SMILES string of the molecule is CC(C)CCOc1ccc(CNCC2CCSC2)cc1. The summed E-state index contributed by atoms with van der Waals surface area (Å²) >= 11 is 2.08. The van der Waals surface area contributed by atoms with E-state index in [0.717, 1.165) is 37.8 Å². The summed E-state index contributed by atoms with van der Waals surface area (Å²) in [5.41, 5.74) is 1.34. The Hall–Kier alpha value is -0.670. The van der Waals surface area contributed by atoms with E-state index in [4.69, 9.17) is 4.74 Å². The minimum absolute atomic E-state index is 0.701. The predicted octanol–water partition coefficient (Wildman–Crippen LogP) is 3.95. The van der Waals surface area contributed by atoms with E-state index in [0.29, 0.717) is 5.92 Å². The van der Waals surface area contributed by atoms with E-state index < -0.39 is 0 Å². The van der Waals surface area contributed by atoms with Crippen LogP contribution < -0.4 is 10.1 Å². The van der Waals surface area contributed by atoms with Crippen molar-refractivity contribution in [2.24, 2.45) is 11.8 Å². The quantitative estimate of drug-likeness (QED) is 0.784. The van der Waals surface area contributed by atoms with Crippen LogP contribution >= 0.6 is 11.8 Å². The van der Waals surface area contributed by atoms with Crippen molar-refractivity contribution in [3.8, 4) is 5.75 Å². The first-order chi connectivity index (χ1) is 9.74. The largest absolute Gasteiger partial charge is 0.494 e. The molecule has 0 radical (unpaired) electrons. The second kappa shape index (κ2) is 8.58. The summed E-state index contributed by atoms with van der Waals surface area (Å²) in [6, 6.07) is 8.51. The van der Waals surface area contributed by atoms with Gasteiger partial charge in [0.2, 0.25) is 0 Å². The number of benzene rings is 1. The number of ether oxygens (including phenoxy) is 1. The van der Waals surface area contributed by atoms with Crippen LogP contribution in [0.4, 0.5) is 0 Å². The highest BCUT2D eigenvalue weighted by Crippen LogP contribution is 2.22. The molecule has 0 bridgehead atoms. The first kappa shape index (κ1) is 15.7. The van der Waals surface area contributed by atoms with Crippen molar-refractivity contribution >= 4 is 11.8 Å². The molecule has 0 aromatic heterocycles. The molecule has 112 valence electrons. The molecule has 1 aliphatic heterocycles. The van der Waals surface area contributed by atoms with Gasteiger partial charge in [-0.25, -0.2) is 0 Å². The van der Waals surface area contributed by atoms with E-state index in [9.17, 15) is 0 Å². The van der Waals surface area contributed by atoms with Gasteiger partial charge in [-0.15, -0.1) is 0 Å². The van der Waals surface area contributed by atoms with Gasteiger partial charge in [-0.05, 0) is 60.4 Å². The second-order valence-corrected chi connectivity index (χ2v) is 7.19. The Balaban J connectivity index is 1.65. The first-order valence-corrected chi connectivity index (χ1v) is 8.89. The third kappa shape index (κ3) is 5.76. The molecule has 0 aliphatic carbocycles. The van der Waals surface area contributed by atoms with Gasteiger partial charge in [0.15, 0.2) is 0 Å². The molecule has 1 atom stereocenters. The smallest absolute Gasteiger partial charge is 0.119 e. The number of thioether (sulfide) groups is 1. The molecule has 1 heterocycles. The first-order valence-electron chi connectivity index (χ1n) is 7.74. The van der Waals surface area contributed by atoms with Crippen LogP contribution in [0.15, 0.2) is 24.3 Å². The summed E-state index contributed by atoms with van der Waals surface area (Å²) in [6.07, 6.45) is 2.49. The van der Waals surface area contributed by atoms with Crippen LogP contribution in [0.3, 0.4) is 0 Å². The summed E-state index contributed by atoms with van der Waals surface area (Å²) < 4.78 is 5.73. The van der Waals surface area contributed by atoms with Crippen molar-refractivity contribution in [3.63, 3.8) is 0 Å². The molecule has 1 N–H and O–H groups in total. The van der Waals surface area contributed by atoms with E-state index in [1.54, 1.807) is 0 Å². The molecule has 1 aromatic carbocycles. The maximum atomic E-state index is 5.73. The van der Waals surface area contributed by atoms with E-state index in [1.165, 1.54) is 23.5 Å². The highest BCUT2D eigenvalue weighted by molar-refractivity contribution is 7.99. The zero-order valence-electron chi connectivity index (χ0n) is 12.7. The third-order valence-corrected chi connectivity index (χ3v) is 4.90. The molecule has 20 heavy (non-hydrogen) atoms. The van der Waals surface area contributed by atoms with E-state index in [2.05, 4.69) is 55.2 Å². The van der Waals surface area contributed by atoms with Crippen LogP contribution in [-0.2, 0) is 6.54 Å². The normalized spacial score (nSPS) is 18.6. The highest BCUT2D eigenvalue weighted by atomic mass is 32.2. The Kier molecular flexibility index (Phi) is 6.74.